The van der Waals surface area contributed by atoms with Crippen LogP contribution < -0.4 is 4.74 Å². The molecule has 1 nitrogen and oxygen atoms in total. The quantitative estimate of drug-likeness (QED) is 0.389. The summed E-state index contributed by atoms with van der Waals surface area (Å²) < 4.78 is 48.6. The second kappa shape index (κ2) is 9.50. The summed E-state index contributed by atoms with van der Waals surface area (Å²) in [6.45, 7) is 4.19. The van der Waals surface area contributed by atoms with Crippen LogP contribution in [-0.2, 0) is 6.42 Å². The van der Waals surface area contributed by atoms with Crippen molar-refractivity contribution in [3.05, 3.63) is 65.0 Å². The van der Waals surface area contributed by atoms with E-state index >= 15 is 0 Å². The van der Waals surface area contributed by atoms with Crippen molar-refractivity contribution in [1.82, 2.24) is 0 Å². The molecule has 0 aromatic heterocycles. The summed E-state index contributed by atoms with van der Waals surface area (Å²) in [6, 6.07) is 7.57. The Morgan fingerprint density at radius 2 is 1.74 bits per heavy atom. The Balaban J connectivity index is 1.44. The number of aryl methyl sites for hydroxylation is 1. The molecule has 0 bridgehead atoms. The lowest BCUT2D eigenvalue weighted by Crippen LogP contribution is -2.11. The topological polar surface area (TPSA) is 9.23 Å². The van der Waals surface area contributed by atoms with Crippen LogP contribution in [-0.4, -0.2) is 6.61 Å². The van der Waals surface area contributed by atoms with Gasteiger partial charge in [-0.3, -0.25) is 0 Å². The molecule has 0 spiro atoms. The Morgan fingerprint density at radius 1 is 0.935 bits per heavy atom. The molecule has 1 saturated carbocycles. The number of ether oxygens (including phenoxy) is 1. The molecule has 0 amide bonds. The van der Waals surface area contributed by atoms with E-state index in [0.717, 1.165) is 30.2 Å². The lowest BCUT2D eigenvalue weighted by Gasteiger charge is -2.19. The maximum absolute atomic E-state index is 14.8. The number of fused-ring (bicyclic) bond motifs is 1. The number of halogens is 3. The first-order valence-corrected chi connectivity index (χ1v) is 11.6. The molecule has 2 aromatic rings. The van der Waals surface area contributed by atoms with Crippen molar-refractivity contribution in [3.8, 4) is 16.9 Å². The summed E-state index contributed by atoms with van der Waals surface area (Å²) >= 11 is 0. The summed E-state index contributed by atoms with van der Waals surface area (Å²) in [6.07, 6.45) is 10.5. The first-order chi connectivity index (χ1) is 15.0. The summed E-state index contributed by atoms with van der Waals surface area (Å²) in [7, 11) is 0. The minimum Gasteiger partial charge on any atom is -0.491 e. The van der Waals surface area contributed by atoms with Gasteiger partial charge in [-0.05, 0) is 80.5 Å². The van der Waals surface area contributed by atoms with Crippen LogP contribution in [0.2, 0.25) is 0 Å². The molecule has 2 aliphatic carbocycles. The van der Waals surface area contributed by atoms with E-state index in [-0.39, 0.29) is 23.5 Å². The van der Waals surface area contributed by atoms with Crippen molar-refractivity contribution in [3.63, 3.8) is 0 Å². The molecular formula is C27H31F3O. The van der Waals surface area contributed by atoms with Crippen LogP contribution in [0, 0.1) is 35.2 Å². The van der Waals surface area contributed by atoms with Gasteiger partial charge in [0.15, 0.2) is 11.6 Å². The fourth-order valence-electron chi connectivity index (χ4n) is 5.65. The normalized spacial score (nSPS) is 22.5. The predicted octanol–water partition coefficient (Wildman–Crippen LogP) is 7.87. The van der Waals surface area contributed by atoms with Gasteiger partial charge >= 0.3 is 0 Å². The Hall–Kier alpha value is -2.23. The van der Waals surface area contributed by atoms with Gasteiger partial charge in [0.1, 0.15) is 5.82 Å². The number of rotatable bonds is 8. The predicted molar refractivity (Wildman–Crippen MR) is 119 cm³/mol. The first-order valence-electron chi connectivity index (χ1n) is 11.6. The molecule has 2 aromatic carbocycles. The Kier molecular flexibility index (Phi) is 6.74. The van der Waals surface area contributed by atoms with Crippen LogP contribution in [0.1, 0.15) is 57.9 Å². The van der Waals surface area contributed by atoms with Crippen molar-refractivity contribution in [2.24, 2.45) is 17.8 Å². The van der Waals surface area contributed by atoms with Crippen LogP contribution in [0.3, 0.4) is 0 Å². The molecule has 4 rings (SSSR count). The average Bonchev–Trinajstić information content (AvgIpc) is 3.34. The summed E-state index contributed by atoms with van der Waals surface area (Å²) in [5.74, 6) is -0.455. The molecule has 0 heterocycles. The zero-order valence-electron chi connectivity index (χ0n) is 18.4. The highest BCUT2D eigenvalue weighted by Crippen LogP contribution is 2.50. The van der Waals surface area contributed by atoms with Gasteiger partial charge in [0, 0.05) is 11.1 Å². The molecule has 166 valence electrons. The van der Waals surface area contributed by atoms with E-state index in [4.69, 9.17) is 4.74 Å². The van der Waals surface area contributed by atoms with Crippen molar-refractivity contribution in [2.45, 2.75) is 58.8 Å². The highest BCUT2D eigenvalue weighted by molar-refractivity contribution is 5.66. The van der Waals surface area contributed by atoms with Crippen molar-refractivity contribution < 1.29 is 17.9 Å². The van der Waals surface area contributed by atoms with Gasteiger partial charge < -0.3 is 4.74 Å². The third-order valence-electron chi connectivity index (χ3n) is 7.13. The zero-order chi connectivity index (χ0) is 22.0. The maximum atomic E-state index is 14.8. The molecule has 4 heteroatoms. The largest absolute Gasteiger partial charge is 0.491 e. The fraction of sp³-hybridized carbons (Fsp3) is 0.481. The fourth-order valence-corrected chi connectivity index (χ4v) is 5.65. The molecule has 3 atom stereocenters. The van der Waals surface area contributed by atoms with Crippen LogP contribution >= 0.6 is 0 Å². The monoisotopic (exact) mass is 428 g/mol. The van der Waals surface area contributed by atoms with Crippen molar-refractivity contribution >= 4 is 0 Å². The zero-order valence-corrected chi connectivity index (χ0v) is 18.4. The molecule has 1 fully saturated rings. The SMILES string of the molecule is CCCC1CCC2C(CCc3ccc(-c4ccc(OCC)c(F)c4F)c(F)c3)=CCC12. The van der Waals surface area contributed by atoms with Gasteiger partial charge in [-0.2, -0.15) is 4.39 Å². The lowest BCUT2D eigenvalue weighted by atomic mass is 9.85. The van der Waals surface area contributed by atoms with Gasteiger partial charge in [-0.1, -0.05) is 43.5 Å². The molecule has 0 N–H and O–H groups in total. The molecule has 2 aliphatic rings. The van der Waals surface area contributed by atoms with Crippen LogP contribution in [0.15, 0.2) is 42.0 Å². The van der Waals surface area contributed by atoms with Crippen molar-refractivity contribution in [1.29, 1.82) is 0 Å². The van der Waals surface area contributed by atoms with Gasteiger partial charge in [0.05, 0.1) is 6.61 Å². The second-order valence-electron chi connectivity index (χ2n) is 8.90. The van der Waals surface area contributed by atoms with E-state index in [9.17, 15) is 13.2 Å². The molecule has 31 heavy (non-hydrogen) atoms. The van der Waals surface area contributed by atoms with Gasteiger partial charge in [0.2, 0.25) is 5.82 Å². The third kappa shape index (κ3) is 4.40. The lowest BCUT2D eigenvalue weighted by molar-refractivity contribution is 0.314. The van der Waals surface area contributed by atoms with Gasteiger partial charge in [-0.25, -0.2) is 8.78 Å². The smallest absolute Gasteiger partial charge is 0.201 e. The Morgan fingerprint density at radius 3 is 2.48 bits per heavy atom. The van der Waals surface area contributed by atoms with Crippen LogP contribution in [0.4, 0.5) is 13.2 Å². The highest BCUT2D eigenvalue weighted by atomic mass is 19.2. The summed E-state index contributed by atoms with van der Waals surface area (Å²) in [5.41, 5.74) is 2.41. The summed E-state index contributed by atoms with van der Waals surface area (Å²) in [5, 5.41) is 0. The minimum atomic E-state index is -1.08. The van der Waals surface area contributed by atoms with E-state index in [1.165, 1.54) is 55.9 Å². The Bertz CT molecular complexity index is 965. The standard InChI is InChI=1S/C27H31F3O/c1-3-5-18-9-12-21-19(10-13-20(18)21)8-6-17-7-11-22(24(28)16-17)23-14-15-25(31-4-2)27(30)26(23)29/h7,10-11,14-16,18,20-21H,3-6,8-9,12-13H2,1-2H3. The average molecular weight is 429 g/mol. The van der Waals surface area contributed by atoms with Gasteiger partial charge in [-0.15, -0.1) is 0 Å². The van der Waals surface area contributed by atoms with Crippen LogP contribution in [0.25, 0.3) is 11.1 Å². The number of hydrogen-bond acceptors (Lipinski definition) is 1. The first kappa shape index (κ1) is 22.0. The molecule has 0 saturated heterocycles. The van der Waals surface area contributed by atoms with Crippen LogP contribution in [0.5, 0.6) is 5.75 Å². The number of hydrogen-bond donors (Lipinski definition) is 0. The molecule has 0 aliphatic heterocycles. The summed E-state index contributed by atoms with van der Waals surface area (Å²) in [4.78, 5) is 0. The molecular weight excluding hydrogens is 397 g/mol. The van der Waals surface area contributed by atoms with E-state index in [2.05, 4.69) is 13.0 Å². The number of allylic oxidation sites excluding steroid dienone is 2. The number of benzene rings is 2. The van der Waals surface area contributed by atoms with Crippen molar-refractivity contribution in [2.75, 3.05) is 6.61 Å². The second-order valence-corrected chi connectivity index (χ2v) is 8.90. The molecule has 3 unspecified atom stereocenters. The van der Waals surface area contributed by atoms with E-state index < -0.39 is 17.5 Å². The van der Waals surface area contributed by atoms with E-state index in [1.54, 1.807) is 13.0 Å². The third-order valence-corrected chi connectivity index (χ3v) is 7.13. The highest BCUT2D eigenvalue weighted by Gasteiger charge is 2.39. The maximum Gasteiger partial charge on any atom is 0.201 e. The Labute approximate surface area is 183 Å². The van der Waals surface area contributed by atoms with E-state index in [0.29, 0.717) is 5.92 Å². The molecule has 0 radical (unpaired) electrons. The minimum absolute atomic E-state index is 0.0709. The van der Waals surface area contributed by atoms with E-state index in [1.807, 2.05) is 6.07 Å². The van der Waals surface area contributed by atoms with Gasteiger partial charge in [0.25, 0.3) is 0 Å².